The molecule has 2 aromatic carbocycles. The van der Waals surface area contributed by atoms with Crippen LogP contribution >= 0.6 is 0 Å². The van der Waals surface area contributed by atoms with E-state index in [1.807, 2.05) is 37.3 Å². The highest BCUT2D eigenvalue weighted by Gasteiger charge is 2.53. The molecule has 178 valence electrons. The van der Waals surface area contributed by atoms with Crippen molar-refractivity contribution in [3.05, 3.63) is 64.7 Å². The Morgan fingerprint density at radius 2 is 1.68 bits per heavy atom. The third-order valence-corrected chi connectivity index (χ3v) is 7.79. The molecule has 5 heteroatoms. The maximum Gasteiger partial charge on any atom is 0.336 e. The van der Waals surface area contributed by atoms with Gasteiger partial charge in [0.05, 0.1) is 12.2 Å². The molecule has 0 saturated heterocycles. The van der Waals surface area contributed by atoms with E-state index in [1.165, 1.54) is 19.3 Å². The van der Waals surface area contributed by atoms with Crippen molar-refractivity contribution < 1.29 is 24.1 Å². The smallest absolute Gasteiger partial charge is 0.336 e. The number of benzene rings is 2. The number of methoxy groups -OCH3 is 1. The van der Waals surface area contributed by atoms with Gasteiger partial charge in [0.1, 0.15) is 5.75 Å². The molecule has 0 heterocycles. The number of aromatic carboxylic acids is 1. The summed E-state index contributed by atoms with van der Waals surface area (Å²) >= 11 is 0. The second-order valence-corrected chi connectivity index (χ2v) is 10.1. The summed E-state index contributed by atoms with van der Waals surface area (Å²) in [4.78, 5) is 12.3. The zero-order valence-corrected chi connectivity index (χ0v) is 19.9. The third kappa shape index (κ3) is 4.33. The fourth-order valence-electron chi connectivity index (χ4n) is 6.98. The van der Waals surface area contributed by atoms with Crippen LogP contribution in [0.2, 0.25) is 0 Å². The van der Waals surface area contributed by atoms with Gasteiger partial charge in [-0.1, -0.05) is 30.0 Å². The topological polar surface area (TPSA) is 65.0 Å². The lowest BCUT2D eigenvalue weighted by Crippen LogP contribution is -2.49. The highest BCUT2D eigenvalue weighted by Crippen LogP contribution is 2.62. The second-order valence-electron chi connectivity index (χ2n) is 10.1. The summed E-state index contributed by atoms with van der Waals surface area (Å²) in [5, 5.41) is 10.1. The average Bonchev–Trinajstić information content (AvgIpc) is 2.81. The Morgan fingerprint density at radius 3 is 2.24 bits per heavy atom. The van der Waals surface area contributed by atoms with Crippen LogP contribution in [0, 0.1) is 29.6 Å². The number of hydrogen-bond donors (Lipinski definition) is 1. The lowest BCUT2D eigenvalue weighted by molar-refractivity contribution is -0.231. The fourth-order valence-corrected chi connectivity index (χ4v) is 6.98. The molecule has 5 nitrogen and oxygen atoms in total. The molecule has 1 atom stereocenters. The largest absolute Gasteiger partial charge is 0.478 e. The van der Waals surface area contributed by atoms with Gasteiger partial charge in [-0.2, -0.15) is 0 Å². The van der Waals surface area contributed by atoms with Crippen LogP contribution < -0.4 is 4.74 Å². The summed E-state index contributed by atoms with van der Waals surface area (Å²) in [7, 11) is 1.55. The summed E-state index contributed by atoms with van der Waals surface area (Å²) in [5.41, 5.74) is 2.47. The molecule has 0 spiro atoms. The molecule has 4 saturated carbocycles. The highest BCUT2D eigenvalue weighted by molar-refractivity contribution is 5.92. The van der Waals surface area contributed by atoms with Gasteiger partial charge in [-0.15, -0.1) is 0 Å². The van der Waals surface area contributed by atoms with Crippen LogP contribution in [-0.2, 0) is 14.9 Å². The van der Waals surface area contributed by atoms with Crippen LogP contribution in [0.5, 0.6) is 5.75 Å². The van der Waals surface area contributed by atoms with Crippen LogP contribution in [0.4, 0.5) is 0 Å². The SMILES string of the molecule is CCOC(OC)Oc1ccc(C(=O)O)c(C#Cc2ccccc2)c1C12CC3CC(CC(C3)C1)C2. The van der Waals surface area contributed by atoms with Crippen LogP contribution in [0.15, 0.2) is 42.5 Å². The predicted octanol–water partition coefficient (Wildman–Crippen LogP) is 5.60. The van der Waals surface area contributed by atoms with Gasteiger partial charge in [-0.3, -0.25) is 0 Å². The van der Waals surface area contributed by atoms with E-state index in [1.54, 1.807) is 19.2 Å². The molecule has 0 radical (unpaired) electrons. The molecular weight excluding hydrogens is 428 g/mol. The Morgan fingerprint density at radius 1 is 1.03 bits per heavy atom. The number of carbonyl (C=O) groups is 1. The van der Waals surface area contributed by atoms with E-state index in [0.29, 0.717) is 35.7 Å². The van der Waals surface area contributed by atoms with Gasteiger partial charge in [0.2, 0.25) is 0 Å². The minimum atomic E-state index is -0.969. The van der Waals surface area contributed by atoms with Crippen molar-refractivity contribution in [2.24, 2.45) is 17.8 Å². The first-order valence-corrected chi connectivity index (χ1v) is 12.3. The Balaban J connectivity index is 1.69. The minimum absolute atomic E-state index is 0.124. The summed E-state index contributed by atoms with van der Waals surface area (Å²) in [6.07, 6.45) is 7.05. The average molecular weight is 461 g/mol. The van der Waals surface area contributed by atoms with E-state index in [2.05, 4.69) is 11.8 Å². The molecule has 4 fully saturated rings. The third-order valence-electron chi connectivity index (χ3n) is 7.79. The van der Waals surface area contributed by atoms with Gasteiger partial charge in [0.15, 0.2) is 0 Å². The zero-order valence-electron chi connectivity index (χ0n) is 19.9. The van der Waals surface area contributed by atoms with Gasteiger partial charge < -0.3 is 19.3 Å². The summed E-state index contributed by atoms with van der Waals surface area (Å²) in [6, 6.07) is 13.1. The Labute approximate surface area is 201 Å². The Bertz CT molecular complexity index is 1080. The van der Waals surface area contributed by atoms with Crippen LogP contribution in [-0.4, -0.2) is 31.3 Å². The predicted molar refractivity (Wildman–Crippen MR) is 129 cm³/mol. The molecule has 4 aliphatic rings. The first-order chi connectivity index (χ1) is 16.5. The number of rotatable bonds is 7. The van der Waals surface area contributed by atoms with Crippen molar-refractivity contribution in [2.75, 3.05) is 13.7 Å². The lowest BCUT2D eigenvalue weighted by Gasteiger charge is -2.57. The summed E-state index contributed by atoms with van der Waals surface area (Å²) in [5.74, 6) is 8.22. The van der Waals surface area contributed by atoms with E-state index in [0.717, 1.165) is 30.4 Å². The molecule has 4 bridgehead atoms. The number of carboxylic acids is 1. The minimum Gasteiger partial charge on any atom is -0.478 e. The maximum atomic E-state index is 12.3. The van der Waals surface area contributed by atoms with Crippen LogP contribution in [0.3, 0.4) is 0 Å². The van der Waals surface area contributed by atoms with E-state index in [4.69, 9.17) is 14.2 Å². The van der Waals surface area contributed by atoms with Crippen molar-refractivity contribution in [3.63, 3.8) is 0 Å². The molecule has 4 aliphatic carbocycles. The van der Waals surface area contributed by atoms with E-state index >= 15 is 0 Å². The standard InChI is InChI=1S/C29H32O5/c1-3-33-28(32-2)34-25-12-11-24(27(30)31)23(10-9-19-7-5-4-6-8-19)26(25)29-16-20-13-21(17-29)15-22(14-20)18-29/h4-8,11-12,20-22,28H,3,13-18H2,1-2H3,(H,30,31). The Hall–Kier alpha value is -2.81. The number of ether oxygens (including phenoxy) is 3. The molecular formula is C29H32O5. The van der Waals surface area contributed by atoms with Crippen molar-refractivity contribution in [2.45, 2.75) is 57.3 Å². The summed E-state index contributed by atoms with van der Waals surface area (Å²) < 4.78 is 17.3. The van der Waals surface area contributed by atoms with Crippen molar-refractivity contribution in [1.82, 2.24) is 0 Å². The Kier molecular flexibility index (Phi) is 6.38. The lowest BCUT2D eigenvalue weighted by atomic mass is 9.47. The molecule has 34 heavy (non-hydrogen) atoms. The molecule has 0 aromatic heterocycles. The fraction of sp³-hybridized carbons (Fsp3) is 0.483. The molecule has 1 N–H and O–H groups in total. The first kappa shape index (κ1) is 23.0. The quantitative estimate of drug-likeness (QED) is 0.431. The number of hydrogen-bond acceptors (Lipinski definition) is 4. The van der Waals surface area contributed by atoms with Crippen molar-refractivity contribution in [1.29, 1.82) is 0 Å². The van der Waals surface area contributed by atoms with Crippen molar-refractivity contribution >= 4 is 5.97 Å². The second kappa shape index (κ2) is 9.44. The molecule has 6 rings (SSSR count). The van der Waals surface area contributed by atoms with Gasteiger partial charge in [0.25, 0.3) is 0 Å². The van der Waals surface area contributed by atoms with E-state index < -0.39 is 12.4 Å². The van der Waals surface area contributed by atoms with E-state index in [9.17, 15) is 9.90 Å². The molecule has 0 aliphatic heterocycles. The highest BCUT2D eigenvalue weighted by atomic mass is 16.8. The van der Waals surface area contributed by atoms with E-state index in [-0.39, 0.29) is 11.0 Å². The molecule has 1 unspecified atom stereocenters. The number of carboxylic acid groups (broad SMARTS) is 1. The molecule has 2 aromatic rings. The van der Waals surface area contributed by atoms with Gasteiger partial charge >= 0.3 is 12.4 Å². The van der Waals surface area contributed by atoms with Gasteiger partial charge in [0, 0.05) is 29.2 Å². The van der Waals surface area contributed by atoms with Crippen molar-refractivity contribution in [3.8, 4) is 17.6 Å². The molecule has 0 amide bonds. The van der Waals surface area contributed by atoms with Gasteiger partial charge in [-0.25, -0.2) is 4.79 Å². The van der Waals surface area contributed by atoms with Crippen LogP contribution in [0.1, 0.15) is 72.5 Å². The summed E-state index contributed by atoms with van der Waals surface area (Å²) in [6.45, 7) is 1.47. The van der Waals surface area contributed by atoms with Gasteiger partial charge in [-0.05, 0) is 87.5 Å². The normalized spacial score (nSPS) is 27.6. The maximum absolute atomic E-state index is 12.3. The zero-order chi connectivity index (χ0) is 23.7. The van der Waals surface area contributed by atoms with Crippen LogP contribution in [0.25, 0.3) is 0 Å². The monoisotopic (exact) mass is 460 g/mol. The first-order valence-electron chi connectivity index (χ1n) is 12.3.